The van der Waals surface area contributed by atoms with Gasteiger partial charge >= 0.3 is 0 Å². The molecule has 1 amide bonds. The Morgan fingerprint density at radius 3 is 2.76 bits per heavy atom. The highest BCUT2D eigenvalue weighted by molar-refractivity contribution is 9.10. The molecule has 25 heavy (non-hydrogen) atoms. The van der Waals surface area contributed by atoms with Crippen molar-refractivity contribution in [1.82, 2.24) is 15.2 Å². The van der Waals surface area contributed by atoms with Crippen LogP contribution < -0.4 is 5.32 Å². The quantitative estimate of drug-likeness (QED) is 0.736. The van der Waals surface area contributed by atoms with Crippen molar-refractivity contribution < 1.29 is 4.79 Å². The zero-order valence-electron chi connectivity index (χ0n) is 13.6. The number of benzene rings is 1. The summed E-state index contributed by atoms with van der Waals surface area (Å²) in [5, 5.41) is 4.13. The van der Waals surface area contributed by atoms with E-state index in [2.05, 4.69) is 33.2 Å². The number of carbonyl (C=O) groups excluding carboxylic acids is 1. The number of halogens is 3. The first kappa shape index (κ1) is 22.3. The third kappa shape index (κ3) is 5.86. The summed E-state index contributed by atoms with van der Waals surface area (Å²) in [7, 11) is 0. The molecule has 1 aliphatic heterocycles. The van der Waals surface area contributed by atoms with Crippen LogP contribution in [-0.4, -0.2) is 41.5 Å². The summed E-state index contributed by atoms with van der Waals surface area (Å²) in [6, 6.07) is 13.9. The summed E-state index contributed by atoms with van der Waals surface area (Å²) in [5.74, 6) is 0.00990. The average molecular weight is 465 g/mol. The van der Waals surface area contributed by atoms with Crippen LogP contribution in [0.3, 0.4) is 0 Å². The maximum absolute atomic E-state index is 12.7. The minimum absolute atomic E-state index is 0. The van der Waals surface area contributed by atoms with Crippen LogP contribution in [0.25, 0.3) is 0 Å². The Labute approximate surface area is 173 Å². The number of hydrogen-bond acceptors (Lipinski definition) is 4. The lowest BCUT2D eigenvalue weighted by Gasteiger charge is -2.33. The molecule has 1 N–H and O–H groups in total. The highest BCUT2D eigenvalue weighted by atomic mass is 79.9. The Balaban J connectivity index is 0.00000156. The van der Waals surface area contributed by atoms with Crippen molar-refractivity contribution in [2.24, 2.45) is 0 Å². The zero-order chi connectivity index (χ0) is 16.2. The van der Waals surface area contributed by atoms with Crippen molar-refractivity contribution in [3.63, 3.8) is 0 Å². The average Bonchev–Trinajstić information content (AvgIpc) is 2.55. The van der Waals surface area contributed by atoms with Crippen LogP contribution in [0.4, 0.5) is 0 Å². The van der Waals surface area contributed by atoms with Gasteiger partial charge in [-0.2, -0.15) is 0 Å². The lowest BCUT2D eigenvalue weighted by molar-refractivity contribution is 0.0649. The van der Waals surface area contributed by atoms with Crippen LogP contribution in [0.15, 0.2) is 56.9 Å². The molecule has 0 unspecified atom stereocenters. The second-order valence-corrected chi connectivity index (χ2v) is 7.48. The SMILES string of the molecule is C[C@@H]1CNCCN1C(=O)c1cccc(Sc2cccc(Br)c2)n1.Cl.Cl. The summed E-state index contributed by atoms with van der Waals surface area (Å²) in [4.78, 5) is 20.2. The predicted molar refractivity (Wildman–Crippen MR) is 110 cm³/mol. The zero-order valence-corrected chi connectivity index (χ0v) is 17.7. The van der Waals surface area contributed by atoms with E-state index in [1.807, 2.05) is 41.3 Å². The fourth-order valence-electron chi connectivity index (χ4n) is 2.53. The highest BCUT2D eigenvalue weighted by Crippen LogP contribution is 2.28. The lowest BCUT2D eigenvalue weighted by Crippen LogP contribution is -2.52. The maximum atomic E-state index is 12.7. The smallest absolute Gasteiger partial charge is 0.272 e. The first-order chi connectivity index (χ1) is 11.1. The van der Waals surface area contributed by atoms with E-state index in [4.69, 9.17) is 0 Å². The standard InChI is InChI=1S/C17H18BrN3OS.2ClH/c1-12-11-19-8-9-21(12)17(22)15-6-3-7-16(20-15)23-14-5-2-4-13(18)10-14;;/h2-7,10,12,19H,8-9,11H2,1H3;2*1H/t12-;;/m1../s1. The molecule has 0 radical (unpaired) electrons. The van der Waals surface area contributed by atoms with Crippen LogP contribution in [0.2, 0.25) is 0 Å². The number of aromatic nitrogens is 1. The molecular weight excluding hydrogens is 445 g/mol. The number of rotatable bonds is 3. The topological polar surface area (TPSA) is 45.2 Å². The molecule has 2 heterocycles. The van der Waals surface area contributed by atoms with Gasteiger partial charge in [0.05, 0.1) is 0 Å². The number of piperazine rings is 1. The van der Waals surface area contributed by atoms with Gasteiger partial charge in [0.2, 0.25) is 0 Å². The van der Waals surface area contributed by atoms with Gasteiger partial charge in [-0.15, -0.1) is 24.8 Å². The molecule has 1 saturated heterocycles. The molecule has 1 aliphatic rings. The summed E-state index contributed by atoms with van der Waals surface area (Å²) < 4.78 is 1.03. The number of nitrogens with zero attached hydrogens (tertiary/aromatic N) is 2. The molecule has 0 saturated carbocycles. The monoisotopic (exact) mass is 463 g/mol. The molecule has 3 rings (SSSR count). The van der Waals surface area contributed by atoms with Crippen LogP contribution in [-0.2, 0) is 0 Å². The Kier molecular flexibility index (Phi) is 9.24. The van der Waals surface area contributed by atoms with Gasteiger partial charge in [-0.1, -0.05) is 39.8 Å². The summed E-state index contributed by atoms with van der Waals surface area (Å²) in [6.07, 6.45) is 0. The minimum Gasteiger partial charge on any atom is -0.332 e. The first-order valence-corrected chi connectivity index (χ1v) is 9.16. The van der Waals surface area contributed by atoms with Crippen molar-refractivity contribution in [3.05, 3.63) is 52.6 Å². The highest BCUT2D eigenvalue weighted by Gasteiger charge is 2.24. The fraction of sp³-hybridized carbons (Fsp3) is 0.294. The normalized spacial score (nSPS) is 16.6. The number of carbonyl (C=O) groups is 1. The van der Waals surface area contributed by atoms with E-state index in [1.165, 1.54) is 0 Å². The molecule has 0 spiro atoms. The molecule has 136 valence electrons. The molecule has 1 fully saturated rings. The molecule has 0 bridgehead atoms. The van der Waals surface area contributed by atoms with Crippen LogP contribution in [0, 0.1) is 0 Å². The summed E-state index contributed by atoms with van der Waals surface area (Å²) in [6.45, 7) is 4.45. The number of hydrogen-bond donors (Lipinski definition) is 1. The summed E-state index contributed by atoms with van der Waals surface area (Å²) in [5.41, 5.74) is 0.513. The second-order valence-electron chi connectivity index (χ2n) is 5.47. The van der Waals surface area contributed by atoms with E-state index in [-0.39, 0.29) is 36.8 Å². The van der Waals surface area contributed by atoms with Crippen molar-refractivity contribution in [1.29, 1.82) is 0 Å². The van der Waals surface area contributed by atoms with E-state index in [0.717, 1.165) is 34.0 Å². The molecule has 4 nitrogen and oxygen atoms in total. The van der Waals surface area contributed by atoms with E-state index in [9.17, 15) is 4.79 Å². The third-order valence-corrected chi connectivity index (χ3v) is 5.14. The van der Waals surface area contributed by atoms with Gasteiger partial charge in [0.25, 0.3) is 5.91 Å². The Morgan fingerprint density at radius 2 is 2.04 bits per heavy atom. The van der Waals surface area contributed by atoms with Crippen molar-refractivity contribution in [2.45, 2.75) is 22.9 Å². The van der Waals surface area contributed by atoms with E-state index in [1.54, 1.807) is 17.8 Å². The van der Waals surface area contributed by atoms with Gasteiger partial charge in [0.1, 0.15) is 10.7 Å². The predicted octanol–water partition coefficient (Wildman–Crippen LogP) is 4.27. The molecule has 1 atom stereocenters. The van der Waals surface area contributed by atoms with Gasteiger partial charge in [0.15, 0.2) is 0 Å². The van der Waals surface area contributed by atoms with E-state index >= 15 is 0 Å². The van der Waals surface area contributed by atoms with Crippen molar-refractivity contribution in [3.8, 4) is 0 Å². The molecule has 8 heteroatoms. The number of nitrogens with one attached hydrogen (secondary N) is 1. The Morgan fingerprint density at radius 1 is 1.28 bits per heavy atom. The Bertz CT molecular complexity index is 720. The molecular formula is C17H20BrCl2N3OS. The maximum Gasteiger partial charge on any atom is 0.272 e. The van der Waals surface area contributed by atoms with E-state index < -0.39 is 0 Å². The lowest BCUT2D eigenvalue weighted by atomic mass is 10.2. The molecule has 1 aromatic heterocycles. The van der Waals surface area contributed by atoms with Crippen LogP contribution in [0.1, 0.15) is 17.4 Å². The fourth-order valence-corrected chi connectivity index (χ4v) is 3.95. The Hall–Kier alpha value is -0.790. The van der Waals surface area contributed by atoms with Gasteiger partial charge in [0, 0.05) is 35.0 Å². The summed E-state index contributed by atoms with van der Waals surface area (Å²) >= 11 is 5.03. The first-order valence-electron chi connectivity index (χ1n) is 7.55. The van der Waals surface area contributed by atoms with Crippen molar-refractivity contribution in [2.75, 3.05) is 19.6 Å². The number of amides is 1. The van der Waals surface area contributed by atoms with E-state index in [0.29, 0.717) is 5.69 Å². The molecule has 2 aromatic rings. The number of pyridine rings is 1. The third-order valence-electron chi connectivity index (χ3n) is 3.72. The molecule has 1 aromatic carbocycles. The second kappa shape index (κ2) is 10.4. The van der Waals surface area contributed by atoms with Gasteiger partial charge in [-0.05, 0) is 37.3 Å². The van der Waals surface area contributed by atoms with Gasteiger partial charge in [-0.25, -0.2) is 4.98 Å². The van der Waals surface area contributed by atoms with Crippen LogP contribution in [0.5, 0.6) is 0 Å². The molecule has 0 aliphatic carbocycles. The largest absolute Gasteiger partial charge is 0.332 e. The minimum atomic E-state index is 0. The van der Waals surface area contributed by atoms with Crippen LogP contribution >= 0.6 is 52.5 Å². The van der Waals surface area contributed by atoms with Crippen molar-refractivity contribution >= 4 is 58.4 Å². The van der Waals surface area contributed by atoms with Gasteiger partial charge in [-0.3, -0.25) is 4.79 Å². The van der Waals surface area contributed by atoms with Gasteiger partial charge < -0.3 is 10.2 Å².